The van der Waals surface area contributed by atoms with Crippen molar-refractivity contribution >= 4 is 11.9 Å². The lowest BCUT2D eigenvalue weighted by Crippen LogP contribution is -2.42. The Morgan fingerprint density at radius 3 is 2.89 bits per heavy atom. The molecule has 1 aliphatic rings. The lowest BCUT2D eigenvalue weighted by atomic mass is 9.98. The first-order valence-corrected chi connectivity index (χ1v) is 6.62. The molecule has 2 heterocycles. The zero-order valence-corrected chi connectivity index (χ0v) is 11.1. The van der Waals surface area contributed by atoms with Gasteiger partial charge in [0.05, 0.1) is 5.92 Å². The lowest BCUT2D eigenvalue weighted by Gasteiger charge is -2.30. The van der Waals surface area contributed by atoms with E-state index in [9.17, 15) is 9.59 Å². The number of furan rings is 1. The molecule has 1 aliphatic heterocycles. The smallest absolute Gasteiger partial charge is 0.308 e. The minimum absolute atomic E-state index is 0.0139. The first-order valence-electron chi connectivity index (χ1n) is 6.62. The molecule has 0 radical (unpaired) electrons. The van der Waals surface area contributed by atoms with Gasteiger partial charge in [-0.15, -0.1) is 0 Å². The molecule has 0 unspecified atom stereocenters. The summed E-state index contributed by atoms with van der Waals surface area (Å²) in [4.78, 5) is 24.7. The number of carbonyl (C=O) groups is 2. The van der Waals surface area contributed by atoms with Crippen molar-refractivity contribution in [3.8, 4) is 0 Å². The van der Waals surface area contributed by atoms with Crippen molar-refractivity contribution < 1.29 is 19.1 Å². The van der Waals surface area contributed by atoms with Crippen molar-refractivity contribution in [1.82, 2.24) is 4.90 Å². The summed E-state index contributed by atoms with van der Waals surface area (Å²) in [6, 6.07) is 3.75. The van der Waals surface area contributed by atoms with E-state index in [1.807, 2.05) is 19.1 Å². The molecule has 1 atom stereocenters. The fraction of sp³-hybridized carbons (Fsp3) is 0.571. The highest BCUT2D eigenvalue weighted by molar-refractivity contribution is 5.78. The first kappa shape index (κ1) is 13.6. The van der Waals surface area contributed by atoms with E-state index in [2.05, 4.69) is 0 Å². The molecule has 0 aliphatic carbocycles. The van der Waals surface area contributed by atoms with Gasteiger partial charge < -0.3 is 14.4 Å². The molecule has 104 valence electrons. The molecule has 1 saturated heterocycles. The summed E-state index contributed by atoms with van der Waals surface area (Å²) >= 11 is 0. The molecule has 1 aromatic rings. The highest BCUT2D eigenvalue weighted by Gasteiger charge is 2.27. The summed E-state index contributed by atoms with van der Waals surface area (Å²) in [6.07, 6.45) is 2.37. The summed E-state index contributed by atoms with van der Waals surface area (Å²) in [6.45, 7) is 2.87. The van der Waals surface area contributed by atoms with Crippen molar-refractivity contribution in [2.45, 2.75) is 32.6 Å². The van der Waals surface area contributed by atoms with Crippen LogP contribution in [0.4, 0.5) is 0 Å². The Labute approximate surface area is 112 Å². The highest BCUT2D eigenvalue weighted by atomic mass is 16.4. The van der Waals surface area contributed by atoms with Crippen molar-refractivity contribution in [2.24, 2.45) is 5.92 Å². The molecule has 0 aromatic carbocycles. The van der Waals surface area contributed by atoms with Crippen LogP contribution in [0.3, 0.4) is 0 Å². The normalized spacial score (nSPS) is 19.4. The fourth-order valence-electron chi connectivity index (χ4n) is 2.41. The van der Waals surface area contributed by atoms with Crippen LogP contribution < -0.4 is 0 Å². The molecule has 19 heavy (non-hydrogen) atoms. The molecule has 0 spiro atoms. The second kappa shape index (κ2) is 5.91. The summed E-state index contributed by atoms with van der Waals surface area (Å²) in [5.41, 5.74) is 0. The monoisotopic (exact) mass is 265 g/mol. The van der Waals surface area contributed by atoms with Crippen LogP contribution in [0.1, 0.15) is 30.8 Å². The van der Waals surface area contributed by atoms with E-state index in [-0.39, 0.29) is 5.91 Å². The molecule has 0 bridgehead atoms. The molecule has 5 nitrogen and oxygen atoms in total. The maximum atomic E-state index is 12.0. The zero-order chi connectivity index (χ0) is 13.8. The third-order valence-corrected chi connectivity index (χ3v) is 3.50. The third-order valence-electron chi connectivity index (χ3n) is 3.50. The number of likely N-dealkylation sites (tertiary alicyclic amines) is 1. The second-order valence-electron chi connectivity index (χ2n) is 5.03. The van der Waals surface area contributed by atoms with Gasteiger partial charge in [0.2, 0.25) is 5.91 Å². The number of aryl methyl sites for hydroxylation is 2. The number of amides is 1. The van der Waals surface area contributed by atoms with Gasteiger partial charge in [0.25, 0.3) is 0 Å². The van der Waals surface area contributed by atoms with Gasteiger partial charge in [-0.25, -0.2) is 0 Å². The quantitative estimate of drug-likeness (QED) is 0.901. The SMILES string of the molecule is Cc1ccc(CCC(=O)N2CCC[C@H](C(=O)O)C2)o1. The maximum absolute atomic E-state index is 12.0. The number of hydrogen-bond acceptors (Lipinski definition) is 3. The van der Waals surface area contributed by atoms with E-state index in [0.29, 0.717) is 32.4 Å². The second-order valence-corrected chi connectivity index (χ2v) is 5.03. The molecule has 1 amide bonds. The molecular weight excluding hydrogens is 246 g/mol. The third kappa shape index (κ3) is 3.59. The van der Waals surface area contributed by atoms with Gasteiger partial charge in [-0.05, 0) is 31.9 Å². The van der Waals surface area contributed by atoms with Crippen LogP contribution in [0.15, 0.2) is 16.5 Å². The van der Waals surface area contributed by atoms with E-state index in [4.69, 9.17) is 9.52 Å². The van der Waals surface area contributed by atoms with E-state index in [1.165, 1.54) is 0 Å². The van der Waals surface area contributed by atoms with Crippen molar-refractivity contribution in [3.05, 3.63) is 23.7 Å². The standard InChI is InChI=1S/C14H19NO4/c1-10-4-5-12(19-10)6-7-13(16)15-8-2-3-11(9-15)14(17)18/h4-5,11H,2-3,6-9H2,1H3,(H,17,18)/t11-/m0/s1. The Balaban J connectivity index is 1.84. The average molecular weight is 265 g/mol. The molecule has 5 heteroatoms. The summed E-state index contributed by atoms with van der Waals surface area (Å²) in [7, 11) is 0. The van der Waals surface area contributed by atoms with Gasteiger partial charge in [0.15, 0.2) is 0 Å². The number of carboxylic acids is 1. The fourth-order valence-corrected chi connectivity index (χ4v) is 2.41. The molecule has 0 saturated carbocycles. The molecule has 1 fully saturated rings. The zero-order valence-electron chi connectivity index (χ0n) is 11.1. The Kier molecular flexibility index (Phi) is 4.24. The van der Waals surface area contributed by atoms with Gasteiger partial charge in [0.1, 0.15) is 11.5 Å². The van der Waals surface area contributed by atoms with Crippen molar-refractivity contribution in [3.63, 3.8) is 0 Å². The van der Waals surface area contributed by atoms with Crippen LogP contribution in [0.2, 0.25) is 0 Å². The molecule has 2 rings (SSSR count). The predicted molar refractivity (Wildman–Crippen MR) is 68.7 cm³/mol. The highest BCUT2D eigenvalue weighted by Crippen LogP contribution is 2.18. The number of carboxylic acid groups (broad SMARTS) is 1. The topological polar surface area (TPSA) is 70.8 Å². The van der Waals surface area contributed by atoms with Crippen LogP contribution >= 0.6 is 0 Å². The Morgan fingerprint density at radius 2 is 2.26 bits per heavy atom. The van der Waals surface area contributed by atoms with Crippen molar-refractivity contribution in [1.29, 1.82) is 0 Å². The number of aliphatic carboxylic acids is 1. The minimum atomic E-state index is -0.806. The lowest BCUT2D eigenvalue weighted by molar-refractivity contribution is -0.145. The van der Waals surface area contributed by atoms with E-state index < -0.39 is 11.9 Å². The van der Waals surface area contributed by atoms with E-state index >= 15 is 0 Å². The Bertz CT molecular complexity index is 466. The predicted octanol–water partition coefficient (Wildman–Crippen LogP) is 1.84. The van der Waals surface area contributed by atoms with E-state index in [0.717, 1.165) is 17.9 Å². The van der Waals surface area contributed by atoms with Crippen LogP contribution in [-0.4, -0.2) is 35.0 Å². The number of rotatable bonds is 4. The van der Waals surface area contributed by atoms with Crippen LogP contribution in [0.5, 0.6) is 0 Å². The summed E-state index contributed by atoms with van der Waals surface area (Å²) in [5, 5.41) is 9.00. The molecular formula is C14H19NO4. The Hall–Kier alpha value is -1.78. The van der Waals surface area contributed by atoms with Crippen LogP contribution in [0.25, 0.3) is 0 Å². The van der Waals surface area contributed by atoms with Gasteiger partial charge in [-0.3, -0.25) is 9.59 Å². The molecule has 1 N–H and O–H groups in total. The van der Waals surface area contributed by atoms with Crippen LogP contribution in [0, 0.1) is 12.8 Å². The molecule has 1 aromatic heterocycles. The number of nitrogens with zero attached hydrogens (tertiary/aromatic N) is 1. The number of hydrogen-bond donors (Lipinski definition) is 1. The van der Waals surface area contributed by atoms with E-state index in [1.54, 1.807) is 4.90 Å². The van der Waals surface area contributed by atoms with Gasteiger partial charge in [0, 0.05) is 25.9 Å². The summed E-state index contributed by atoms with van der Waals surface area (Å²) < 4.78 is 5.42. The van der Waals surface area contributed by atoms with Gasteiger partial charge in [-0.2, -0.15) is 0 Å². The number of carbonyl (C=O) groups excluding carboxylic acids is 1. The summed E-state index contributed by atoms with van der Waals surface area (Å²) in [5.74, 6) is 0.437. The number of piperidine rings is 1. The van der Waals surface area contributed by atoms with Gasteiger partial charge >= 0.3 is 5.97 Å². The van der Waals surface area contributed by atoms with Crippen molar-refractivity contribution in [2.75, 3.05) is 13.1 Å². The maximum Gasteiger partial charge on any atom is 0.308 e. The first-order chi connectivity index (χ1) is 9.06. The largest absolute Gasteiger partial charge is 0.481 e. The Morgan fingerprint density at radius 1 is 1.47 bits per heavy atom. The van der Waals surface area contributed by atoms with Crippen LogP contribution in [-0.2, 0) is 16.0 Å². The minimum Gasteiger partial charge on any atom is -0.481 e. The van der Waals surface area contributed by atoms with Gasteiger partial charge in [-0.1, -0.05) is 0 Å². The average Bonchev–Trinajstić information content (AvgIpc) is 2.82.